The molecule has 1 aliphatic carbocycles. The number of rotatable bonds is 18. The summed E-state index contributed by atoms with van der Waals surface area (Å²) in [6.07, 6.45) is 1.84. The fourth-order valence-electron chi connectivity index (χ4n) is 9.55. The summed E-state index contributed by atoms with van der Waals surface area (Å²) in [5, 5.41) is 21.8. The van der Waals surface area contributed by atoms with Gasteiger partial charge in [0.15, 0.2) is 17.4 Å². The lowest BCUT2D eigenvalue weighted by Crippen LogP contribution is -2.55. The molecule has 29 nitrogen and oxygen atoms in total. The zero-order chi connectivity index (χ0) is 56.1. The fraction of sp³-hybridized carbons (Fsp3) is 0.600. The van der Waals surface area contributed by atoms with Crippen molar-refractivity contribution in [3.05, 3.63) is 47.4 Å². The highest BCUT2D eigenvalue weighted by molar-refractivity contribution is 8.44. The fourth-order valence-corrected chi connectivity index (χ4v) is 12.6. The average Bonchev–Trinajstić information content (AvgIpc) is 4.29. The van der Waals surface area contributed by atoms with E-state index in [4.69, 9.17) is 39.4 Å². The summed E-state index contributed by atoms with van der Waals surface area (Å²) in [6, 6.07) is -1.63. The Bertz CT molecular complexity index is 2940. The molecule has 78 heavy (non-hydrogen) atoms. The van der Waals surface area contributed by atoms with E-state index in [0.29, 0.717) is 38.0 Å². The minimum Gasteiger partial charge on any atom is -0.474 e. The van der Waals surface area contributed by atoms with Gasteiger partial charge in [0.1, 0.15) is 48.9 Å². The highest BCUT2D eigenvalue weighted by Gasteiger charge is 2.51. The summed E-state index contributed by atoms with van der Waals surface area (Å²) >= 11 is 9.56. The summed E-state index contributed by atoms with van der Waals surface area (Å²) in [4.78, 5) is 136. The number of nitrogens with one attached hydrogen (secondary N) is 5. The van der Waals surface area contributed by atoms with Crippen LogP contribution in [0.1, 0.15) is 78.4 Å². The number of carbonyl (C=O) groups excluding carboxylic acids is 7. The number of aliphatic hydroxyl groups is 1. The summed E-state index contributed by atoms with van der Waals surface area (Å²) in [6.45, 7) is -4.57. The van der Waals surface area contributed by atoms with Crippen molar-refractivity contribution in [2.24, 2.45) is 11.8 Å². The molecule has 8 rings (SSSR count). The Labute approximate surface area is 455 Å². The van der Waals surface area contributed by atoms with Crippen LogP contribution in [0.15, 0.2) is 41.9 Å². The molecule has 0 radical (unpaired) electrons. The van der Waals surface area contributed by atoms with Crippen LogP contribution in [0.3, 0.4) is 0 Å². The minimum atomic E-state index is -4.37. The number of amides is 7. The molecular formula is C45H60N12O17P2S2. The summed E-state index contributed by atoms with van der Waals surface area (Å²) in [5.74, 6) is -4.86. The molecule has 424 valence electrons. The molecule has 4 aliphatic heterocycles. The maximum absolute atomic E-state index is 13.9. The van der Waals surface area contributed by atoms with Gasteiger partial charge in [-0.1, -0.05) is 32.5 Å². The largest absolute Gasteiger partial charge is 0.474 e. The SMILES string of the molecule is CC(C)[C@H](NC(=O)CCCCCN1C(=O)C=CC1=O)C(=O)N[C@@H](C)C(=O)NCC(=O)N1CCC[C@@H]1C(=O)Nc1nc2c(ncn2[C@@H]2O[C@@H]3COP(O)(=S)O[C@H]4C[C@H](Oc5ccncn5)C[C@@H]4COP(=O)(S)O[C@@H]2[C@@H]3O)c(=O)[nH]1. The van der Waals surface area contributed by atoms with Crippen LogP contribution in [-0.4, -0.2) is 172 Å². The number of imidazole rings is 1. The third kappa shape index (κ3) is 14.4. The van der Waals surface area contributed by atoms with Crippen LogP contribution in [0.4, 0.5) is 5.95 Å². The topological polar surface area (TPSA) is 376 Å². The van der Waals surface area contributed by atoms with E-state index in [0.717, 1.165) is 11.2 Å². The van der Waals surface area contributed by atoms with Crippen LogP contribution in [0.2, 0.25) is 0 Å². The molecule has 0 spiro atoms. The zero-order valence-corrected chi connectivity index (χ0v) is 45.9. The number of anilines is 1. The van der Waals surface area contributed by atoms with Gasteiger partial charge < -0.3 is 53.9 Å². The number of hydrogen-bond acceptors (Lipinski definition) is 21. The van der Waals surface area contributed by atoms with Crippen LogP contribution < -0.4 is 31.6 Å². The van der Waals surface area contributed by atoms with Gasteiger partial charge in [0.05, 0.1) is 32.2 Å². The first-order chi connectivity index (χ1) is 37.1. The van der Waals surface area contributed by atoms with Gasteiger partial charge in [-0.3, -0.25) is 62.6 Å². The van der Waals surface area contributed by atoms with Crippen molar-refractivity contribution in [2.75, 3.05) is 38.2 Å². The predicted molar refractivity (Wildman–Crippen MR) is 277 cm³/mol. The van der Waals surface area contributed by atoms with Crippen molar-refractivity contribution in [3.63, 3.8) is 0 Å². The number of ether oxygens (including phenoxy) is 2. The molecule has 33 heteroatoms. The summed E-state index contributed by atoms with van der Waals surface area (Å²) in [7, 11) is 0. The van der Waals surface area contributed by atoms with Crippen LogP contribution in [0.5, 0.6) is 5.88 Å². The number of aromatic nitrogens is 6. The Morgan fingerprint density at radius 3 is 2.49 bits per heavy atom. The number of unbranched alkanes of at least 4 members (excludes halogenated alkanes) is 2. The lowest BCUT2D eigenvalue weighted by atomic mass is 10.0. The highest BCUT2D eigenvalue weighted by atomic mass is 32.7. The number of imide groups is 1. The van der Waals surface area contributed by atoms with Crippen molar-refractivity contribution >= 4 is 96.0 Å². The number of nitrogens with zero attached hydrogens (tertiary/aromatic N) is 7. The molecule has 3 saturated heterocycles. The lowest BCUT2D eigenvalue weighted by molar-refractivity contribution is -0.137. The molecule has 1 saturated carbocycles. The van der Waals surface area contributed by atoms with E-state index in [1.165, 1.54) is 41.1 Å². The molecule has 7 heterocycles. The van der Waals surface area contributed by atoms with E-state index in [-0.39, 0.29) is 73.8 Å². The third-order valence-corrected chi connectivity index (χ3v) is 16.8. The van der Waals surface area contributed by atoms with Crippen molar-refractivity contribution < 1.29 is 75.7 Å². The quantitative estimate of drug-likeness (QED) is 0.0367. The second-order valence-electron chi connectivity index (χ2n) is 19.5. The molecule has 12 atom stereocenters. The first-order valence-electron chi connectivity index (χ1n) is 25.1. The van der Waals surface area contributed by atoms with Gasteiger partial charge in [-0.25, -0.2) is 19.5 Å². The maximum Gasteiger partial charge on any atom is 0.386 e. The van der Waals surface area contributed by atoms with Crippen molar-refractivity contribution in [1.82, 2.24) is 55.2 Å². The van der Waals surface area contributed by atoms with Crippen LogP contribution in [0.25, 0.3) is 11.2 Å². The smallest absolute Gasteiger partial charge is 0.386 e. The molecule has 3 aromatic heterocycles. The van der Waals surface area contributed by atoms with Gasteiger partial charge in [0, 0.05) is 56.3 Å². The number of hydrogen-bond donors (Lipinski definition) is 8. The molecule has 7 amide bonds. The normalized spacial score (nSPS) is 29.1. The average molecular weight is 1170 g/mol. The standard InChI is InChI=1S/C45H60N12O17P2S2/c1-23(2)35(51-30(58)9-5-4-6-14-56-32(59)10-11-33(56)60)42(65)50-24(3)40(63)47-18-34(61)55-15-7-8-27(55)41(64)53-45-52-39-36(43(66)54-45)49-22-57(39)44-38-37(62)29(72-44)20-70-75(67,77)73-28-17-26(71-31-12-13-46-21-48-31)16-25(28)19-69-76(68,78)74-38/h10-13,21-29,35,37-38,44,62H,4-9,14-20H2,1-3H3,(H,47,63)(H,50,65)(H,51,58)(H,67,77)(H,68,78)(H2,52,53,54,64,66)/t24-,25+,26+,27+,28-,29+,35-,37+,38+,44+,75?,76?/m0/s1. The molecule has 2 unspecified atom stereocenters. The second-order valence-corrected chi connectivity index (χ2v) is 25.2. The Morgan fingerprint density at radius 2 is 1.76 bits per heavy atom. The first-order valence-corrected chi connectivity index (χ1v) is 30.4. The Kier molecular flexibility index (Phi) is 19.0. The molecule has 4 fully saturated rings. The first kappa shape index (κ1) is 58.6. The van der Waals surface area contributed by atoms with Crippen LogP contribution in [0, 0.1) is 11.8 Å². The predicted octanol–water partition coefficient (Wildman–Crippen LogP) is 0.274. The second kappa shape index (κ2) is 25.2. The Hall–Kier alpha value is -5.59. The van der Waals surface area contributed by atoms with Crippen molar-refractivity contribution in [2.45, 2.75) is 127 Å². The van der Waals surface area contributed by atoms with Crippen LogP contribution >= 0.6 is 25.8 Å². The zero-order valence-electron chi connectivity index (χ0n) is 42.4. The highest BCUT2D eigenvalue weighted by Crippen LogP contribution is 2.58. The van der Waals surface area contributed by atoms with Gasteiger partial charge in [-0.15, -0.1) is 0 Å². The molecule has 2 bridgehead atoms. The van der Waals surface area contributed by atoms with Gasteiger partial charge in [0.2, 0.25) is 41.4 Å². The van der Waals surface area contributed by atoms with E-state index >= 15 is 0 Å². The number of aliphatic hydroxyl groups excluding tert-OH is 1. The van der Waals surface area contributed by atoms with Gasteiger partial charge in [-0.2, -0.15) is 4.98 Å². The molecule has 7 N–H and O–H groups in total. The van der Waals surface area contributed by atoms with E-state index in [2.05, 4.69) is 58.4 Å². The molecule has 5 aliphatic rings. The number of likely N-dealkylation sites (tertiary alicyclic amines) is 1. The minimum absolute atomic E-state index is 0.0866. The van der Waals surface area contributed by atoms with E-state index < -0.39 is 123 Å². The number of thiol groups is 1. The van der Waals surface area contributed by atoms with Crippen molar-refractivity contribution in [3.8, 4) is 5.88 Å². The number of H-pyrrole nitrogens is 1. The molecular weight excluding hydrogens is 1110 g/mol. The Balaban J connectivity index is 0.856. The van der Waals surface area contributed by atoms with Crippen LogP contribution in [-0.2, 0) is 72.8 Å². The Morgan fingerprint density at radius 1 is 0.987 bits per heavy atom. The number of fused-ring (bicyclic) bond motifs is 4. The maximum atomic E-state index is 13.9. The van der Waals surface area contributed by atoms with Crippen molar-refractivity contribution in [1.29, 1.82) is 0 Å². The van der Waals surface area contributed by atoms with E-state index in [9.17, 15) is 52.9 Å². The van der Waals surface area contributed by atoms with E-state index in [1.54, 1.807) is 19.9 Å². The summed E-state index contributed by atoms with van der Waals surface area (Å²) in [5.41, 5.74) is -1.25. The van der Waals surface area contributed by atoms with Gasteiger partial charge in [0.25, 0.3) is 17.4 Å². The number of carbonyl (C=O) groups is 7. The summed E-state index contributed by atoms with van der Waals surface area (Å²) < 4.78 is 50.4. The third-order valence-electron chi connectivity index (χ3n) is 13.6. The van der Waals surface area contributed by atoms with E-state index in [1.807, 2.05) is 0 Å². The number of aromatic amines is 1. The molecule has 0 aromatic carbocycles. The van der Waals surface area contributed by atoms with Gasteiger partial charge >= 0.3 is 13.5 Å². The molecule has 3 aromatic rings. The monoisotopic (exact) mass is 1170 g/mol. The lowest BCUT2D eigenvalue weighted by Gasteiger charge is -2.27. The van der Waals surface area contributed by atoms with Gasteiger partial charge in [-0.05, 0) is 56.8 Å².